The molecule has 0 aliphatic heterocycles. The third-order valence-corrected chi connectivity index (χ3v) is 6.69. The molecule has 6 rings (SSSR count). The molecule has 47 heavy (non-hydrogen) atoms. The molecule has 0 radical (unpaired) electrons. The molecule has 228 valence electrons. The molecule has 7 heteroatoms. The Bertz CT molecular complexity index is 1710. The van der Waals surface area contributed by atoms with Gasteiger partial charge in [0, 0.05) is 12.4 Å². The number of hydrogen-bond acceptors (Lipinski definition) is 6. The predicted molar refractivity (Wildman–Crippen MR) is 181 cm³/mol. The summed E-state index contributed by atoms with van der Waals surface area (Å²) in [6, 6.07) is 48.7. The van der Waals surface area contributed by atoms with E-state index >= 15 is 0 Å². The van der Waals surface area contributed by atoms with E-state index in [9.17, 15) is 10.2 Å². The Balaban J connectivity index is 0.000000208. The van der Waals surface area contributed by atoms with Gasteiger partial charge in [-0.15, -0.1) is 0 Å². The summed E-state index contributed by atoms with van der Waals surface area (Å²) in [5, 5.41) is 23.2. The zero-order valence-electron chi connectivity index (χ0n) is 25.8. The smallest absolute Gasteiger partial charge is 0.871 e. The third kappa shape index (κ3) is 11.4. The van der Waals surface area contributed by atoms with Crippen LogP contribution in [0, 0.1) is 0 Å². The van der Waals surface area contributed by atoms with E-state index < -0.39 is 0 Å². The first-order valence-electron chi connectivity index (χ1n) is 14.8. The van der Waals surface area contributed by atoms with Gasteiger partial charge in [0.2, 0.25) is 0 Å². The minimum atomic E-state index is -0.0773. The maximum atomic E-state index is 11.6. The van der Waals surface area contributed by atoms with Crippen molar-refractivity contribution < 1.29 is 39.2 Å². The average molecular weight is 670 g/mol. The Morgan fingerprint density at radius 2 is 0.766 bits per heavy atom. The molecule has 0 heterocycles. The summed E-state index contributed by atoms with van der Waals surface area (Å²) < 4.78 is 11.5. The maximum absolute atomic E-state index is 11.6. The van der Waals surface area contributed by atoms with Crippen LogP contribution in [-0.2, 0) is 32.7 Å². The van der Waals surface area contributed by atoms with Gasteiger partial charge in [-0.05, 0) is 82.9 Å². The van der Waals surface area contributed by atoms with E-state index in [1.54, 1.807) is 48.8 Å². The molecule has 0 aromatic heterocycles. The van der Waals surface area contributed by atoms with Gasteiger partial charge in [-0.25, -0.2) is 0 Å². The summed E-state index contributed by atoms with van der Waals surface area (Å²) in [5.41, 5.74) is 4.98. The fraction of sp³-hybridized carbons (Fsp3) is 0.0500. The summed E-state index contributed by atoms with van der Waals surface area (Å²) in [4.78, 5) is 8.44. The normalized spacial score (nSPS) is 10.6. The first-order valence-corrected chi connectivity index (χ1v) is 14.8. The molecule has 0 atom stereocenters. The molecular weight excluding hydrogens is 638 g/mol. The van der Waals surface area contributed by atoms with Crippen LogP contribution < -0.4 is 19.7 Å². The molecule has 0 fully saturated rings. The van der Waals surface area contributed by atoms with E-state index in [4.69, 9.17) is 9.47 Å². The molecular formula is C40H32N2O4Zn. The number of rotatable bonds is 10. The van der Waals surface area contributed by atoms with Crippen molar-refractivity contribution in [1.82, 2.24) is 0 Å². The molecule has 6 aromatic rings. The molecule has 0 aliphatic carbocycles. The van der Waals surface area contributed by atoms with Crippen molar-refractivity contribution in [2.75, 3.05) is 0 Å². The van der Waals surface area contributed by atoms with E-state index in [2.05, 4.69) is 9.98 Å². The molecule has 0 bridgehead atoms. The first kappa shape index (κ1) is 34.4. The van der Waals surface area contributed by atoms with E-state index in [0.29, 0.717) is 24.6 Å². The Kier molecular flexibility index (Phi) is 13.5. The quantitative estimate of drug-likeness (QED) is 0.109. The predicted octanol–water partition coefficient (Wildman–Crippen LogP) is 8.18. The monoisotopic (exact) mass is 668 g/mol. The van der Waals surface area contributed by atoms with Crippen molar-refractivity contribution in [3.05, 3.63) is 180 Å². The molecule has 0 saturated carbocycles. The van der Waals surface area contributed by atoms with Gasteiger partial charge in [-0.3, -0.25) is 9.98 Å². The number of aliphatic imine (C=N–C) groups is 2. The number of hydrogen-bond donors (Lipinski definition) is 0. The average Bonchev–Trinajstić information content (AvgIpc) is 3.11. The van der Waals surface area contributed by atoms with Crippen LogP contribution in [0.25, 0.3) is 0 Å². The number of ether oxygens (including phenoxy) is 2. The van der Waals surface area contributed by atoms with Gasteiger partial charge in [0.15, 0.2) is 0 Å². The Labute approximate surface area is 288 Å². The van der Waals surface area contributed by atoms with Gasteiger partial charge in [-0.1, -0.05) is 109 Å². The Morgan fingerprint density at radius 3 is 1.13 bits per heavy atom. The second-order valence-electron chi connectivity index (χ2n) is 10.1. The molecule has 6 nitrogen and oxygen atoms in total. The van der Waals surface area contributed by atoms with Crippen LogP contribution in [0.5, 0.6) is 23.0 Å². The molecule has 0 N–H and O–H groups in total. The summed E-state index contributed by atoms with van der Waals surface area (Å²) in [7, 11) is 0. The van der Waals surface area contributed by atoms with Crippen LogP contribution in [0.15, 0.2) is 168 Å². The largest absolute Gasteiger partial charge is 2.00 e. The minimum Gasteiger partial charge on any atom is -0.871 e. The summed E-state index contributed by atoms with van der Waals surface area (Å²) >= 11 is 0. The molecule has 6 aromatic carbocycles. The number of nitrogens with zero attached hydrogens (tertiary/aromatic N) is 2. The van der Waals surface area contributed by atoms with Crippen molar-refractivity contribution in [1.29, 1.82) is 0 Å². The zero-order chi connectivity index (χ0) is 31.8. The van der Waals surface area contributed by atoms with E-state index in [-0.39, 0.29) is 31.0 Å². The molecule has 0 saturated heterocycles. The molecule has 0 spiro atoms. The van der Waals surface area contributed by atoms with Crippen molar-refractivity contribution in [2.45, 2.75) is 13.2 Å². The second kappa shape index (κ2) is 18.5. The number of para-hydroxylation sites is 4. The van der Waals surface area contributed by atoms with Gasteiger partial charge in [0.25, 0.3) is 0 Å². The summed E-state index contributed by atoms with van der Waals surface area (Å²) in [5.74, 6) is 1.45. The van der Waals surface area contributed by atoms with Gasteiger partial charge < -0.3 is 19.7 Å². The first-order chi connectivity index (χ1) is 22.6. The van der Waals surface area contributed by atoms with Crippen molar-refractivity contribution in [3.8, 4) is 23.0 Å². The van der Waals surface area contributed by atoms with E-state index in [0.717, 1.165) is 33.8 Å². The standard InChI is InChI=1S/2C20H17NO2.Zn/c2*22-20-9-5-4-8-19(20)21-14-16-10-12-18(13-11-16)23-15-17-6-2-1-3-7-17;/h2*1-14,22H,15H2;/q;;+2/p-2. The summed E-state index contributed by atoms with van der Waals surface area (Å²) in [6.07, 6.45) is 3.36. The molecule has 0 aliphatic rings. The Morgan fingerprint density at radius 1 is 0.426 bits per heavy atom. The van der Waals surface area contributed by atoms with Crippen molar-refractivity contribution >= 4 is 23.8 Å². The minimum absolute atomic E-state index is 0. The number of benzene rings is 6. The van der Waals surface area contributed by atoms with Crippen molar-refractivity contribution in [2.24, 2.45) is 9.98 Å². The van der Waals surface area contributed by atoms with Gasteiger partial charge >= 0.3 is 19.5 Å². The SMILES string of the molecule is [O-]c1ccccc1N=Cc1ccc(OCc2ccccc2)cc1.[O-]c1ccccc1N=Cc1ccc(OCc2ccccc2)cc1.[Zn+2]. The van der Waals surface area contributed by atoms with Crippen molar-refractivity contribution in [3.63, 3.8) is 0 Å². The molecule has 0 amide bonds. The third-order valence-electron chi connectivity index (χ3n) is 6.69. The Hall–Kier alpha value is -5.52. The van der Waals surface area contributed by atoms with Crippen LogP contribution in [0.3, 0.4) is 0 Å². The fourth-order valence-electron chi connectivity index (χ4n) is 4.20. The van der Waals surface area contributed by atoms with E-state index in [1.807, 2.05) is 109 Å². The van der Waals surface area contributed by atoms with Gasteiger partial charge in [-0.2, -0.15) is 0 Å². The molecule has 0 unspecified atom stereocenters. The van der Waals surface area contributed by atoms with Gasteiger partial charge in [0.05, 0.1) is 11.4 Å². The van der Waals surface area contributed by atoms with Crippen LogP contribution in [0.1, 0.15) is 22.3 Å². The fourth-order valence-corrected chi connectivity index (χ4v) is 4.20. The second-order valence-corrected chi connectivity index (χ2v) is 10.1. The van der Waals surface area contributed by atoms with Crippen LogP contribution >= 0.6 is 0 Å². The van der Waals surface area contributed by atoms with Crippen LogP contribution in [-0.4, -0.2) is 12.4 Å². The van der Waals surface area contributed by atoms with Crippen LogP contribution in [0.4, 0.5) is 11.4 Å². The maximum Gasteiger partial charge on any atom is 2.00 e. The zero-order valence-corrected chi connectivity index (χ0v) is 28.8. The topological polar surface area (TPSA) is 89.3 Å². The van der Waals surface area contributed by atoms with Gasteiger partial charge in [0.1, 0.15) is 24.7 Å². The van der Waals surface area contributed by atoms with Crippen LogP contribution in [0.2, 0.25) is 0 Å². The van der Waals surface area contributed by atoms with E-state index in [1.165, 1.54) is 12.1 Å². The summed E-state index contributed by atoms with van der Waals surface area (Å²) in [6.45, 7) is 1.08.